The summed E-state index contributed by atoms with van der Waals surface area (Å²) in [6.07, 6.45) is -0.0213. The number of hydrogen-bond acceptors (Lipinski definition) is 8. The first-order chi connectivity index (χ1) is 13.5. The number of aromatic hydroxyl groups is 1. The van der Waals surface area contributed by atoms with E-state index in [2.05, 4.69) is 20.4 Å². The minimum Gasteiger partial charge on any atom is -0.507 e. The number of benzene rings is 1. The number of halogens is 1. The van der Waals surface area contributed by atoms with Crippen molar-refractivity contribution in [2.75, 3.05) is 18.1 Å². The minimum absolute atomic E-state index is 0.0545. The maximum atomic E-state index is 14.7. The third-order valence-corrected chi connectivity index (χ3v) is 4.23. The van der Waals surface area contributed by atoms with Crippen LogP contribution >= 0.6 is 0 Å². The molecule has 2 N–H and O–H groups in total. The molecule has 144 valence electrons. The van der Waals surface area contributed by atoms with Gasteiger partial charge in [0.25, 0.3) is 0 Å². The number of anilines is 1. The number of phenolic OH excluding ortho intramolecular Hbond substituents is 1. The van der Waals surface area contributed by atoms with Crippen molar-refractivity contribution in [1.29, 1.82) is 0 Å². The molecule has 0 unspecified atom stereocenters. The SMILES string of the molecule is Cn1nnc(-c2ccc(-c3c(O)cc(N4C[C@H](CO)OC4=O)cc3F)cn2)n1. The number of rotatable bonds is 4. The predicted octanol–water partition coefficient (Wildman–Crippen LogP) is 1.10. The predicted molar refractivity (Wildman–Crippen MR) is 93.8 cm³/mol. The van der Waals surface area contributed by atoms with Crippen LogP contribution in [0.2, 0.25) is 0 Å². The van der Waals surface area contributed by atoms with Crippen LogP contribution in [0, 0.1) is 5.82 Å². The molecule has 10 nitrogen and oxygen atoms in total. The molecule has 0 bridgehead atoms. The molecular formula is C17H15FN6O4. The molecule has 0 aliphatic carbocycles. The number of hydrogen-bond donors (Lipinski definition) is 2. The summed E-state index contributed by atoms with van der Waals surface area (Å²) < 4.78 is 19.7. The van der Waals surface area contributed by atoms with Crippen LogP contribution in [0.1, 0.15) is 0 Å². The molecule has 1 aromatic carbocycles. The zero-order valence-corrected chi connectivity index (χ0v) is 14.7. The number of carbonyl (C=O) groups is 1. The summed E-state index contributed by atoms with van der Waals surface area (Å²) in [6, 6.07) is 5.54. The number of nitrogens with zero attached hydrogens (tertiary/aromatic N) is 6. The first-order valence-electron chi connectivity index (χ1n) is 8.28. The van der Waals surface area contributed by atoms with Gasteiger partial charge in [-0.25, -0.2) is 9.18 Å². The number of carbonyl (C=O) groups excluding carboxylic acids is 1. The van der Waals surface area contributed by atoms with Crippen molar-refractivity contribution < 1.29 is 24.1 Å². The van der Waals surface area contributed by atoms with Crippen molar-refractivity contribution in [3.05, 3.63) is 36.3 Å². The molecule has 2 aromatic heterocycles. The molecule has 0 saturated carbocycles. The van der Waals surface area contributed by atoms with Crippen LogP contribution in [-0.2, 0) is 11.8 Å². The van der Waals surface area contributed by atoms with E-state index in [0.29, 0.717) is 17.1 Å². The lowest BCUT2D eigenvalue weighted by atomic mass is 10.0. The van der Waals surface area contributed by atoms with Crippen LogP contribution in [0.15, 0.2) is 30.5 Å². The van der Waals surface area contributed by atoms with Gasteiger partial charge in [0.2, 0.25) is 5.82 Å². The number of tetrazole rings is 1. The second-order valence-electron chi connectivity index (χ2n) is 6.16. The van der Waals surface area contributed by atoms with Gasteiger partial charge in [0.15, 0.2) is 0 Å². The number of aliphatic hydroxyl groups excluding tert-OH is 1. The number of ether oxygens (including phenoxy) is 1. The van der Waals surface area contributed by atoms with Gasteiger partial charge in [-0.2, -0.15) is 4.80 Å². The Morgan fingerprint density at radius 1 is 1.36 bits per heavy atom. The molecule has 1 atom stereocenters. The number of amides is 1. The Balaban J connectivity index is 1.64. The maximum Gasteiger partial charge on any atom is 0.414 e. The summed E-state index contributed by atoms with van der Waals surface area (Å²) in [5.41, 5.74) is 0.865. The van der Waals surface area contributed by atoms with Crippen LogP contribution in [0.4, 0.5) is 14.9 Å². The number of aromatic nitrogens is 5. The quantitative estimate of drug-likeness (QED) is 0.683. The first-order valence-corrected chi connectivity index (χ1v) is 8.28. The monoisotopic (exact) mass is 386 g/mol. The second kappa shape index (κ2) is 6.85. The molecular weight excluding hydrogens is 371 g/mol. The lowest BCUT2D eigenvalue weighted by molar-refractivity contribution is 0.0963. The van der Waals surface area contributed by atoms with E-state index in [4.69, 9.17) is 9.84 Å². The highest BCUT2D eigenvalue weighted by Gasteiger charge is 2.32. The summed E-state index contributed by atoms with van der Waals surface area (Å²) in [4.78, 5) is 18.5. The van der Waals surface area contributed by atoms with Gasteiger partial charge in [0.1, 0.15) is 23.4 Å². The molecule has 4 rings (SSSR count). The largest absolute Gasteiger partial charge is 0.507 e. The molecule has 1 aliphatic rings. The van der Waals surface area contributed by atoms with Crippen molar-refractivity contribution >= 4 is 11.8 Å². The van der Waals surface area contributed by atoms with E-state index in [-0.39, 0.29) is 30.2 Å². The van der Waals surface area contributed by atoms with E-state index in [0.717, 1.165) is 11.0 Å². The Bertz CT molecular complexity index is 1020. The summed E-state index contributed by atoms with van der Waals surface area (Å²) in [5.74, 6) is -0.773. The Hall–Kier alpha value is -3.60. The summed E-state index contributed by atoms with van der Waals surface area (Å²) in [5, 5.41) is 31.1. The topological polar surface area (TPSA) is 126 Å². The average Bonchev–Trinajstić information content (AvgIpc) is 3.27. The number of aryl methyl sites for hydroxylation is 1. The van der Waals surface area contributed by atoms with Crippen molar-refractivity contribution in [2.24, 2.45) is 7.05 Å². The summed E-state index contributed by atoms with van der Waals surface area (Å²) in [6.45, 7) is -0.275. The van der Waals surface area contributed by atoms with Gasteiger partial charge in [0.05, 0.1) is 31.5 Å². The van der Waals surface area contributed by atoms with Gasteiger partial charge in [-0.1, -0.05) is 6.07 Å². The number of pyridine rings is 1. The highest BCUT2D eigenvalue weighted by Crippen LogP contribution is 2.36. The number of cyclic esters (lactones) is 1. The van der Waals surface area contributed by atoms with E-state index < -0.39 is 18.0 Å². The van der Waals surface area contributed by atoms with Crippen LogP contribution in [0.5, 0.6) is 5.75 Å². The molecule has 1 aliphatic heterocycles. The van der Waals surface area contributed by atoms with Crippen LogP contribution in [0.25, 0.3) is 22.6 Å². The molecule has 1 amide bonds. The van der Waals surface area contributed by atoms with Gasteiger partial charge >= 0.3 is 6.09 Å². The number of aliphatic hydroxyl groups is 1. The fraction of sp³-hybridized carbons (Fsp3) is 0.235. The van der Waals surface area contributed by atoms with Crippen molar-refractivity contribution in [3.8, 4) is 28.4 Å². The van der Waals surface area contributed by atoms with Crippen LogP contribution in [0.3, 0.4) is 0 Å². The standard InChI is InChI=1S/C17H15FN6O4/c1-23-21-16(20-22-23)13-3-2-9(6-19-13)15-12(18)4-10(5-14(15)26)24-7-11(8-25)28-17(24)27/h2-6,11,25-26H,7-8H2,1H3/t11-/m1/s1. The molecule has 3 heterocycles. The minimum atomic E-state index is -0.734. The number of phenols is 1. The lowest BCUT2D eigenvalue weighted by Crippen LogP contribution is -2.25. The molecule has 3 aromatic rings. The summed E-state index contributed by atoms with van der Waals surface area (Å²) in [7, 11) is 1.62. The van der Waals surface area contributed by atoms with Crippen LogP contribution < -0.4 is 4.90 Å². The Kier molecular flexibility index (Phi) is 4.35. The fourth-order valence-corrected chi connectivity index (χ4v) is 2.91. The maximum absolute atomic E-state index is 14.7. The first kappa shape index (κ1) is 17.8. The Labute approximate surface area is 157 Å². The van der Waals surface area contributed by atoms with E-state index in [9.17, 15) is 14.3 Å². The van der Waals surface area contributed by atoms with Gasteiger partial charge in [-0.15, -0.1) is 10.2 Å². The Morgan fingerprint density at radius 3 is 2.75 bits per heavy atom. The highest BCUT2D eigenvalue weighted by atomic mass is 19.1. The molecule has 0 spiro atoms. The van der Waals surface area contributed by atoms with Gasteiger partial charge in [-0.3, -0.25) is 9.88 Å². The molecule has 11 heteroatoms. The lowest BCUT2D eigenvalue weighted by Gasteiger charge is -2.15. The smallest absolute Gasteiger partial charge is 0.414 e. The molecule has 0 radical (unpaired) electrons. The third kappa shape index (κ3) is 3.11. The molecule has 1 saturated heterocycles. The highest BCUT2D eigenvalue weighted by molar-refractivity contribution is 5.91. The zero-order chi connectivity index (χ0) is 19.8. The van der Waals surface area contributed by atoms with Gasteiger partial charge < -0.3 is 14.9 Å². The van der Waals surface area contributed by atoms with Crippen molar-refractivity contribution in [3.63, 3.8) is 0 Å². The molecule has 28 heavy (non-hydrogen) atoms. The average molecular weight is 386 g/mol. The van der Waals surface area contributed by atoms with E-state index in [1.807, 2.05) is 0 Å². The Morgan fingerprint density at radius 2 is 2.18 bits per heavy atom. The third-order valence-electron chi connectivity index (χ3n) is 4.23. The normalized spacial score (nSPS) is 16.5. The van der Waals surface area contributed by atoms with E-state index in [1.165, 1.54) is 17.1 Å². The fourth-order valence-electron chi connectivity index (χ4n) is 2.91. The molecule has 1 fully saturated rings. The van der Waals surface area contributed by atoms with Gasteiger partial charge in [0, 0.05) is 17.8 Å². The van der Waals surface area contributed by atoms with Crippen LogP contribution in [-0.4, -0.2) is 60.8 Å². The summed E-state index contributed by atoms with van der Waals surface area (Å²) >= 11 is 0. The second-order valence-corrected chi connectivity index (χ2v) is 6.16. The van der Waals surface area contributed by atoms with E-state index >= 15 is 0 Å². The van der Waals surface area contributed by atoms with Crippen molar-refractivity contribution in [2.45, 2.75) is 6.10 Å². The van der Waals surface area contributed by atoms with E-state index in [1.54, 1.807) is 19.2 Å². The van der Waals surface area contributed by atoms with Crippen molar-refractivity contribution in [1.82, 2.24) is 25.2 Å². The zero-order valence-electron chi connectivity index (χ0n) is 14.7. The van der Waals surface area contributed by atoms with Gasteiger partial charge in [-0.05, 0) is 17.3 Å².